The fraction of sp³-hybridized carbons (Fsp3) is 0.389. The third kappa shape index (κ3) is 4.46. The first kappa shape index (κ1) is 17.2. The molecule has 128 valence electrons. The summed E-state index contributed by atoms with van der Waals surface area (Å²) in [7, 11) is 0. The van der Waals surface area contributed by atoms with Crippen LogP contribution in [-0.2, 0) is 11.3 Å². The lowest BCUT2D eigenvalue weighted by Gasteiger charge is -2.21. The summed E-state index contributed by atoms with van der Waals surface area (Å²) in [5, 5.41) is 0.994. The Morgan fingerprint density at radius 3 is 2.71 bits per heavy atom. The normalized spacial score (nSPS) is 15.2. The minimum atomic E-state index is -0.422. The number of ether oxygens (including phenoxy) is 2. The Hall–Kier alpha value is -1.65. The van der Waals surface area contributed by atoms with Gasteiger partial charge in [0.25, 0.3) is 0 Å². The number of benzene rings is 1. The van der Waals surface area contributed by atoms with Crippen molar-refractivity contribution in [2.45, 2.75) is 44.8 Å². The van der Waals surface area contributed by atoms with E-state index in [9.17, 15) is 4.79 Å². The Balaban J connectivity index is 1.56. The van der Waals surface area contributed by atoms with Gasteiger partial charge in [-0.3, -0.25) is 0 Å². The molecule has 2 aromatic rings. The number of carbonyl (C=O) groups excluding carboxylic acids is 1. The van der Waals surface area contributed by atoms with Gasteiger partial charge < -0.3 is 13.9 Å². The van der Waals surface area contributed by atoms with Gasteiger partial charge in [-0.2, -0.15) is 0 Å². The summed E-state index contributed by atoms with van der Waals surface area (Å²) < 4.78 is 16.6. The lowest BCUT2D eigenvalue weighted by Crippen LogP contribution is -2.20. The van der Waals surface area contributed by atoms with Crippen molar-refractivity contribution in [2.24, 2.45) is 0 Å². The average Bonchev–Trinajstić information content (AvgIpc) is 3.06. The molecule has 1 aliphatic rings. The van der Waals surface area contributed by atoms with Crippen molar-refractivity contribution in [3.8, 4) is 5.75 Å². The Bertz CT molecular complexity index is 705. The maximum absolute atomic E-state index is 12.1. The van der Waals surface area contributed by atoms with Gasteiger partial charge in [0.05, 0.1) is 5.02 Å². The standard InChI is InChI=1S/C18H18Cl2O4/c19-12-6-8-15(20)17(10-12)22-11-14-7-9-16(23-14)18(21)24-13-4-2-1-3-5-13/h6-10,13H,1-5,11H2. The molecule has 24 heavy (non-hydrogen) atoms. The Morgan fingerprint density at radius 1 is 1.12 bits per heavy atom. The third-order valence-corrected chi connectivity index (χ3v) is 4.50. The predicted molar refractivity (Wildman–Crippen MR) is 91.8 cm³/mol. The molecule has 0 spiro atoms. The van der Waals surface area contributed by atoms with E-state index in [-0.39, 0.29) is 18.5 Å². The van der Waals surface area contributed by atoms with Crippen molar-refractivity contribution in [2.75, 3.05) is 0 Å². The highest BCUT2D eigenvalue weighted by Gasteiger charge is 2.21. The first-order valence-corrected chi connectivity index (χ1v) is 8.75. The van der Waals surface area contributed by atoms with Crippen molar-refractivity contribution < 1.29 is 18.7 Å². The molecule has 1 aromatic heterocycles. The van der Waals surface area contributed by atoms with Crippen molar-refractivity contribution in [1.82, 2.24) is 0 Å². The zero-order valence-electron chi connectivity index (χ0n) is 13.1. The van der Waals surface area contributed by atoms with Gasteiger partial charge in [-0.25, -0.2) is 4.79 Å². The lowest BCUT2D eigenvalue weighted by molar-refractivity contribution is 0.0174. The molecule has 0 bridgehead atoms. The van der Waals surface area contributed by atoms with Crippen LogP contribution in [0.15, 0.2) is 34.7 Å². The van der Waals surface area contributed by atoms with Crippen LogP contribution in [0, 0.1) is 0 Å². The summed E-state index contributed by atoms with van der Waals surface area (Å²) in [5.74, 6) is 0.749. The van der Waals surface area contributed by atoms with Gasteiger partial charge in [-0.15, -0.1) is 0 Å². The van der Waals surface area contributed by atoms with Gasteiger partial charge >= 0.3 is 5.97 Å². The maximum atomic E-state index is 12.1. The summed E-state index contributed by atoms with van der Waals surface area (Å²) >= 11 is 12.0. The monoisotopic (exact) mass is 368 g/mol. The molecule has 0 amide bonds. The fourth-order valence-electron chi connectivity index (χ4n) is 2.69. The number of furan rings is 1. The topological polar surface area (TPSA) is 48.7 Å². The number of esters is 1. The van der Waals surface area contributed by atoms with Crippen LogP contribution in [0.5, 0.6) is 5.75 Å². The summed E-state index contributed by atoms with van der Waals surface area (Å²) in [5.41, 5.74) is 0. The van der Waals surface area contributed by atoms with Crippen LogP contribution in [0.4, 0.5) is 0 Å². The molecule has 4 nitrogen and oxygen atoms in total. The molecule has 1 fully saturated rings. The van der Waals surface area contributed by atoms with Gasteiger partial charge in [0, 0.05) is 11.1 Å². The van der Waals surface area contributed by atoms with Crippen LogP contribution in [0.2, 0.25) is 10.0 Å². The van der Waals surface area contributed by atoms with Gasteiger partial charge in [0.15, 0.2) is 0 Å². The smallest absolute Gasteiger partial charge is 0.374 e. The highest BCUT2D eigenvalue weighted by molar-refractivity contribution is 6.34. The number of halogens is 2. The van der Waals surface area contributed by atoms with E-state index < -0.39 is 5.97 Å². The second-order valence-electron chi connectivity index (χ2n) is 5.79. The van der Waals surface area contributed by atoms with Crippen molar-refractivity contribution in [1.29, 1.82) is 0 Å². The average molecular weight is 369 g/mol. The van der Waals surface area contributed by atoms with Crippen LogP contribution < -0.4 is 4.74 Å². The lowest BCUT2D eigenvalue weighted by atomic mass is 9.98. The molecule has 0 unspecified atom stereocenters. The van der Waals surface area contributed by atoms with Gasteiger partial charge in [-0.1, -0.05) is 29.6 Å². The fourth-order valence-corrected chi connectivity index (χ4v) is 3.03. The van der Waals surface area contributed by atoms with Gasteiger partial charge in [-0.05, 0) is 49.9 Å². The SMILES string of the molecule is O=C(OC1CCCCC1)c1ccc(COc2cc(Cl)ccc2Cl)o1. The second-order valence-corrected chi connectivity index (χ2v) is 6.64. The van der Waals surface area contributed by atoms with E-state index >= 15 is 0 Å². The summed E-state index contributed by atoms with van der Waals surface area (Å²) in [6, 6.07) is 8.27. The number of hydrogen-bond donors (Lipinski definition) is 0. The van der Waals surface area contributed by atoms with Crippen molar-refractivity contribution in [3.05, 3.63) is 51.9 Å². The molecule has 0 atom stereocenters. The molecule has 0 N–H and O–H groups in total. The molecule has 0 aliphatic heterocycles. The van der Waals surface area contributed by atoms with E-state index in [4.69, 9.17) is 37.1 Å². The minimum Gasteiger partial charge on any atom is -0.484 e. The second kappa shape index (κ2) is 7.95. The molecular weight excluding hydrogens is 351 g/mol. The minimum absolute atomic E-state index is 0.00122. The van der Waals surface area contributed by atoms with E-state index in [1.807, 2.05) is 0 Å². The van der Waals surface area contributed by atoms with Crippen molar-refractivity contribution >= 4 is 29.2 Å². The molecule has 1 heterocycles. The molecule has 1 saturated carbocycles. The Kier molecular flexibility index (Phi) is 5.69. The van der Waals surface area contributed by atoms with Crippen LogP contribution in [0.25, 0.3) is 0 Å². The Morgan fingerprint density at radius 2 is 1.92 bits per heavy atom. The summed E-state index contributed by atoms with van der Waals surface area (Å²) in [6.45, 7) is 0.150. The molecule has 1 aliphatic carbocycles. The van der Waals surface area contributed by atoms with Gasteiger partial charge in [0.2, 0.25) is 5.76 Å². The van der Waals surface area contributed by atoms with E-state index in [1.54, 1.807) is 30.3 Å². The quantitative estimate of drug-likeness (QED) is 0.639. The molecular formula is C18H18Cl2O4. The van der Waals surface area contributed by atoms with E-state index in [1.165, 1.54) is 6.42 Å². The number of carbonyl (C=O) groups is 1. The Labute approximate surface area is 150 Å². The first-order valence-electron chi connectivity index (χ1n) is 7.99. The van der Waals surface area contributed by atoms with E-state index in [0.717, 1.165) is 25.7 Å². The number of rotatable bonds is 5. The van der Waals surface area contributed by atoms with E-state index in [2.05, 4.69) is 0 Å². The van der Waals surface area contributed by atoms with Gasteiger partial charge in [0.1, 0.15) is 24.2 Å². The molecule has 0 saturated heterocycles. The highest BCUT2D eigenvalue weighted by atomic mass is 35.5. The van der Waals surface area contributed by atoms with E-state index in [0.29, 0.717) is 21.6 Å². The molecule has 3 rings (SSSR count). The predicted octanol–water partition coefficient (Wildman–Crippen LogP) is 5.65. The molecule has 1 aromatic carbocycles. The largest absolute Gasteiger partial charge is 0.484 e. The third-order valence-electron chi connectivity index (χ3n) is 3.95. The summed E-state index contributed by atoms with van der Waals surface area (Å²) in [6.07, 6.45) is 5.28. The zero-order valence-corrected chi connectivity index (χ0v) is 14.6. The summed E-state index contributed by atoms with van der Waals surface area (Å²) in [4.78, 5) is 12.1. The maximum Gasteiger partial charge on any atom is 0.374 e. The van der Waals surface area contributed by atoms with Crippen molar-refractivity contribution in [3.63, 3.8) is 0 Å². The zero-order chi connectivity index (χ0) is 16.9. The molecule has 0 radical (unpaired) electrons. The van der Waals surface area contributed by atoms with Crippen LogP contribution in [0.1, 0.15) is 48.4 Å². The molecule has 6 heteroatoms. The van der Waals surface area contributed by atoms with Crippen LogP contribution in [0.3, 0.4) is 0 Å². The first-order chi connectivity index (χ1) is 11.6. The highest BCUT2D eigenvalue weighted by Crippen LogP contribution is 2.28. The van der Waals surface area contributed by atoms with Crippen LogP contribution >= 0.6 is 23.2 Å². The number of hydrogen-bond acceptors (Lipinski definition) is 4. The van der Waals surface area contributed by atoms with Crippen LogP contribution in [-0.4, -0.2) is 12.1 Å².